The van der Waals surface area contributed by atoms with Crippen LogP contribution in [0.4, 0.5) is 5.69 Å². The van der Waals surface area contributed by atoms with Crippen molar-refractivity contribution in [3.05, 3.63) is 64.1 Å². The van der Waals surface area contributed by atoms with Gasteiger partial charge in [-0.3, -0.25) is 9.69 Å². The fourth-order valence-electron chi connectivity index (χ4n) is 3.26. The maximum atomic E-state index is 11.8. The van der Waals surface area contributed by atoms with Gasteiger partial charge in [0.15, 0.2) is 0 Å². The number of hydrogen-bond donors (Lipinski definition) is 1. The van der Waals surface area contributed by atoms with E-state index >= 15 is 0 Å². The second-order valence-electron chi connectivity index (χ2n) is 6.19. The third kappa shape index (κ3) is 4.66. The molecule has 1 fully saturated rings. The Kier molecular flexibility index (Phi) is 5.84. The van der Waals surface area contributed by atoms with Gasteiger partial charge in [0.2, 0.25) is 0 Å². The van der Waals surface area contributed by atoms with E-state index in [1.807, 2.05) is 23.1 Å². The number of hydrogen-bond acceptors (Lipinski definition) is 3. The number of para-hydroxylation sites is 1. The van der Waals surface area contributed by atoms with Gasteiger partial charge in [0.05, 0.1) is 0 Å². The smallest absolute Gasteiger partial charge is 0.321 e. The number of benzene rings is 2. The quantitative estimate of drug-likeness (QED) is 0.858. The van der Waals surface area contributed by atoms with Crippen molar-refractivity contribution in [3.63, 3.8) is 0 Å². The molecule has 2 aromatic rings. The zero-order valence-electron chi connectivity index (χ0n) is 13.7. The Labute approximate surface area is 157 Å². The Morgan fingerprint density at radius 2 is 1.60 bits per heavy atom. The fourth-order valence-corrected chi connectivity index (χ4v) is 3.83. The first kappa shape index (κ1) is 18.1. The second kappa shape index (κ2) is 8.09. The molecule has 0 saturated carbocycles. The minimum absolute atomic E-state index is 0.390. The van der Waals surface area contributed by atoms with Crippen molar-refractivity contribution in [3.8, 4) is 0 Å². The standard InChI is InChI=1S/C19H20Cl2N2O2/c20-15-10-14(11-16(21)13-15)12-18(19(24)25)23-8-6-22(7-9-23)17-4-2-1-3-5-17/h1-5,10-11,13,18H,6-9,12H2,(H,24,25). The van der Waals surface area contributed by atoms with E-state index in [9.17, 15) is 9.90 Å². The highest BCUT2D eigenvalue weighted by Crippen LogP contribution is 2.22. The first-order valence-electron chi connectivity index (χ1n) is 8.25. The van der Waals surface area contributed by atoms with E-state index in [4.69, 9.17) is 23.2 Å². The van der Waals surface area contributed by atoms with Crippen LogP contribution < -0.4 is 4.90 Å². The van der Waals surface area contributed by atoms with Crippen LogP contribution in [0.25, 0.3) is 0 Å². The van der Waals surface area contributed by atoms with Gasteiger partial charge in [0.1, 0.15) is 6.04 Å². The molecule has 0 radical (unpaired) electrons. The van der Waals surface area contributed by atoms with E-state index in [2.05, 4.69) is 17.0 Å². The number of nitrogens with zero attached hydrogens (tertiary/aromatic N) is 2. The predicted molar refractivity (Wildman–Crippen MR) is 102 cm³/mol. The van der Waals surface area contributed by atoms with Crippen molar-refractivity contribution >= 4 is 34.9 Å². The summed E-state index contributed by atoms with van der Waals surface area (Å²) in [6.45, 7) is 3.04. The largest absolute Gasteiger partial charge is 0.480 e. The van der Waals surface area contributed by atoms with Gasteiger partial charge < -0.3 is 10.0 Å². The molecular weight excluding hydrogens is 359 g/mol. The van der Waals surface area contributed by atoms with Crippen molar-refractivity contribution < 1.29 is 9.90 Å². The van der Waals surface area contributed by atoms with Gasteiger partial charge in [0, 0.05) is 41.9 Å². The van der Waals surface area contributed by atoms with Crippen molar-refractivity contribution in [1.82, 2.24) is 4.90 Å². The Hall–Kier alpha value is -1.75. The lowest BCUT2D eigenvalue weighted by molar-refractivity contribution is -0.143. The maximum absolute atomic E-state index is 11.8. The first-order chi connectivity index (χ1) is 12.0. The van der Waals surface area contributed by atoms with E-state index < -0.39 is 12.0 Å². The maximum Gasteiger partial charge on any atom is 0.321 e. The third-order valence-electron chi connectivity index (χ3n) is 4.51. The van der Waals surface area contributed by atoms with Crippen LogP contribution in [-0.4, -0.2) is 48.2 Å². The Morgan fingerprint density at radius 3 is 2.16 bits per heavy atom. The average Bonchev–Trinajstić information content (AvgIpc) is 2.60. The number of aliphatic carboxylic acids is 1. The summed E-state index contributed by atoms with van der Waals surface area (Å²) in [5.41, 5.74) is 2.02. The number of piperazine rings is 1. The van der Waals surface area contributed by atoms with Crippen LogP contribution >= 0.6 is 23.2 Å². The molecule has 0 spiro atoms. The Morgan fingerprint density at radius 1 is 1.00 bits per heavy atom. The second-order valence-corrected chi connectivity index (χ2v) is 7.07. The van der Waals surface area contributed by atoms with E-state index in [1.54, 1.807) is 18.2 Å². The van der Waals surface area contributed by atoms with E-state index in [0.29, 0.717) is 29.6 Å². The van der Waals surface area contributed by atoms with Crippen molar-refractivity contribution in [1.29, 1.82) is 0 Å². The summed E-state index contributed by atoms with van der Waals surface area (Å²) < 4.78 is 0. The Balaban J connectivity index is 1.67. The lowest BCUT2D eigenvalue weighted by Gasteiger charge is -2.38. The van der Waals surface area contributed by atoms with Gasteiger partial charge in [-0.05, 0) is 42.3 Å². The molecule has 1 heterocycles. The van der Waals surface area contributed by atoms with Gasteiger partial charge in [-0.1, -0.05) is 41.4 Å². The van der Waals surface area contributed by atoms with Gasteiger partial charge in [-0.25, -0.2) is 0 Å². The predicted octanol–water partition coefficient (Wildman–Crippen LogP) is 3.81. The number of carboxylic acids is 1. The minimum Gasteiger partial charge on any atom is -0.480 e. The van der Waals surface area contributed by atoms with Crippen molar-refractivity contribution in [2.24, 2.45) is 0 Å². The average molecular weight is 379 g/mol. The Bertz CT molecular complexity index is 711. The van der Waals surface area contributed by atoms with Crippen LogP contribution in [0.2, 0.25) is 10.0 Å². The molecule has 1 atom stereocenters. The summed E-state index contributed by atoms with van der Waals surface area (Å²) in [5, 5.41) is 10.7. The summed E-state index contributed by atoms with van der Waals surface area (Å²) in [7, 11) is 0. The van der Waals surface area contributed by atoms with Gasteiger partial charge in [-0.15, -0.1) is 0 Å². The topological polar surface area (TPSA) is 43.8 Å². The SMILES string of the molecule is O=C(O)C(Cc1cc(Cl)cc(Cl)c1)N1CCN(c2ccccc2)CC1. The molecule has 4 nitrogen and oxygen atoms in total. The highest BCUT2D eigenvalue weighted by molar-refractivity contribution is 6.34. The van der Waals surface area contributed by atoms with Gasteiger partial charge in [0.25, 0.3) is 0 Å². The molecule has 3 rings (SSSR count). The molecule has 2 aromatic carbocycles. The summed E-state index contributed by atoms with van der Waals surface area (Å²) in [5.74, 6) is -0.816. The normalized spacial score (nSPS) is 16.6. The molecule has 1 aliphatic heterocycles. The molecule has 0 aliphatic carbocycles. The van der Waals surface area contributed by atoms with Crippen LogP contribution in [0.3, 0.4) is 0 Å². The zero-order chi connectivity index (χ0) is 17.8. The highest BCUT2D eigenvalue weighted by atomic mass is 35.5. The summed E-state index contributed by atoms with van der Waals surface area (Å²) in [6, 6.07) is 14.8. The zero-order valence-corrected chi connectivity index (χ0v) is 15.2. The summed E-state index contributed by atoms with van der Waals surface area (Å²) in [4.78, 5) is 16.1. The van der Waals surface area contributed by atoms with E-state index in [-0.39, 0.29) is 0 Å². The molecule has 1 unspecified atom stereocenters. The third-order valence-corrected chi connectivity index (χ3v) is 4.95. The highest BCUT2D eigenvalue weighted by Gasteiger charge is 2.29. The van der Waals surface area contributed by atoms with Crippen LogP contribution in [0.1, 0.15) is 5.56 Å². The monoisotopic (exact) mass is 378 g/mol. The van der Waals surface area contributed by atoms with E-state index in [1.165, 1.54) is 5.69 Å². The van der Waals surface area contributed by atoms with Crippen molar-refractivity contribution in [2.45, 2.75) is 12.5 Å². The molecule has 6 heteroatoms. The summed E-state index contributed by atoms with van der Waals surface area (Å²) >= 11 is 12.1. The lowest BCUT2D eigenvalue weighted by Crippen LogP contribution is -2.53. The van der Waals surface area contributed by atoms with Crippen LogP contribution in [0.5, 0.6) is 0 Å². The number of carboxylic acid groups (broad SMARTS) is 1. The molecule has 1 saturated heterocycles. The van der Waals surface area contributed by atoms with Crippen LogP contribution in [-0.2, 0) is 11.2 Å². The molecule has 1 N–H and O–H groups in total. The van der Waals surface area contributed by atoms with Crippen LogP contribution in [0, 0.1) is 0 Å². The minimum atomic E-state index is -0.816. The number of halogens is 2. The van der Waals surface area contributed by atoms with E-state index in [0.717, 1.165) is 18.7 Å². The van der Waals surface area contributed by atoms with Crippen LogP contribution in [0.15, 0.2) is 48.5 Å². The number of anilines is 1. The van der Waals surface area contributed by atoms with Crippen molar-refractivity contribution in [2.75, 3.05) is 31.1 Å². The van der Waals surface area contributed by atoms with Gasteiger partial charge in [-0.2, -0.15) is 0 Å². The first-order valence-corrected chi connectivity index (χ1v) is 9.00. The molecule has 1 aliphatic rings. The fraction of sp³-hybridized carbons (Fsp3) is 0.316. The van der Waals surface area contributed by atoms with Gasteiger partial charge >= 0.3 is 5.97 Å². The molecule has 132 valence electrons. The molecule has 0 aromatic heterocycles. The molecule has 0 amide bonds. The number of rotatable bonds is 5. The molecular formula is C19H20Cl2N2O2. The summed E-state index contributed by atoms with van der Waals surface area (Å²) in [6.07, 6.45) is 0.390. The lowest BCUT2D eigenvalue weighted by atomic mass is 10.0. The number of carbonyl (C=O) groups is 1. The molecule has 25 heavy (non-hydrogen) atoms. The molecule has 0 bridgehead atoms.